The highest BCUT2D eigenvalue weighted by molar-refractivity contribution is 7.98. The summed E-state index contributed by atoms with van der Waals surface area (Å²) in [6.45, 7) is 20.7. The number of esters is 2. The van der Waals surface area contributed by atoms with Crippen molar-refractivity contribution >= 4 is 77.3 Å². The molecule has 2 heterocycles. The molecule has 0 spiro atoms. The number of ether oxygens (including phenoxy) is 7. The second kappa shape index (κ2) is 32.3. The van der Waals surface area contributed by atoms with Crippen molar-refractivity contribution < 1.29 is 75.9 Å². The van der Waals surface area contributed by atoms with Crippen molar-refractivity contribution in [2.24, 2.45) is 0 Å². The van der Waals surface area contributed by atoms with Crippen LogP contribution < -0.4 is 42.4 Å². The Hall–Kier alpha value is -9.02. The van der Waals surface area contributed by atoms with Gasteiger partial charge in [0.2, 0.25) is 17.7 Å². The van der Waals surface area contributed by atoms with E-state index in [0.717, 1.165) is 11.8 Å². The number of halogens is 1. The van der Waals surface area contributed by atoms with E-state index in [2.05, 4.69) is 47.9 Å². The van der Waals surface area contributed by atoms with Crippen LogP contribution in [-0.4, -0.2) is 137 Å². The highest BCUT2D eigenvalue weighted by atomic mass is 35.5. The van der Waals surface area contributed by atoms with Gasteiger partial charge in [-0.1, -0.05) is 35.5 Å². The minimum Gasteiger partial charge on any atom is -0.490 e. The molecule has 29 heteroatoms. The minimum absolute atomic E-state index is 0.0469. The van der Waals surface area contributed by atoms with Crippen LogP contribution in [0.3, 0.4) is 0 Å². The lowest BCUT2D eigenvalue weighted by Gasteiger charge is -2.26. The number of oxazole rings is 1. The first-order valence-electron chi connectivity index (χ1n) is 28.0. The number of amides is 6. The Morgan fingerprint density at radius 2 is 1.08 bits per heavy atom. The molecule has 4 aromatic rings. The predicted octanol–water partition coefficient (Wildman–Crippen LogP) is 8.13. The second-order valence-electron chi connectivity index (χ2n) is 23.9. The molecule has 5 atom stereocenters. The quantitative estimate of drug-likeness (QED) is 0.0187. The highest BCUT2D eigenvalue weighted by Crippen LogP contribution is 2.37. The number of benzene rings is 2. The Bertz CT molecular complexity index is 3230. The number of hydrogen-bond donors (Lipinski definition) is 7. The van der Waals surface area contributed by atoms with Gasteiger partial charge >= 0.3 is 36.3 Å². The van der Waals surface area contributed by atoms with Crippen molar-refractivity contribution in [2.75, 3.05) is 32.0 Å². The fourth-order valence-electron chi connectivity index (χ4n) is 7.47. The first kappa shape index (κ1) is 72.5. The lowest BCUT2D eigenvalue weighted by molar-refractivity contribution is -0.163. The maximum Gasteiger partial charge on any atom is 0.408 e. The third kappa shape index (κ3) is 25.7. The zero-order valence-electron chi connectivity index (χ0n) is 52.2. The molecule has 4 rings (SSSR count). The number of aromatic nitrogens is 2. The molecule has 6 amide bonds. The van der Waals surface area contributed by atoms with Gasteiger partial charge in [-0.2, -0.15) is 10.5 Å². The Balaban J connectivity index is 1.58. The molecular formula is C60H78ClN11O16S. The summed E-state index contributed by atoms with van der Waals surface area (Å²) in [7, 11) is 0. The van der Waals surface area contributed by atoms with E-state index in [-0.39, 0.29) is 65.0 Å². The van der Waals surface area contributed by atoms with Crippen molar-refractivity contribution in [3.05, 3.63) is 76.6 Å². The van der Waals surface area contributed by atoms with Gasteiger partial charge in [-0.25, -0.2) is 38.7 Å². The van der Waals surface area contributed by atoms with E-state index >= 15 is 0 Å². The molecule has 27 nitrogen and oxygen atoms in total. The summed E-state index contributed by atoms with van der Waals surface area (Å²) in [6, 6.07) is 11.6. The first-order valence-corrected chi connectivity index (χ1v) is 29.4. The minimum atomic E-state index is -1.44. The number of rotatable bonds is 25. The summed E-state index contributed by atoms with van der Waals surface area (Å²) >= 11 is 7.18. The number of carbonyl (C=O) groups excluding carboxylic acids is 8. The molecule has 8 N–H and O–H groups in total. The van der Waals surface area contributed by atoms with Gasteiger partial charge in [-0.3, -0.25) is 9.59 Å². The predicted molar refractivity (Wildman–Crippen MR) is 326 cm³/mol. The van der Waals surface area contributed by atoms with Crippen LogP contribution in [0.5, 0.6) is 5.75 Å². The molecule has 0 aliphatic heterocycles. The van der Waals surface area contributed by atoms with Crippen molar-refractivity contribution in [3.63, 3.8) is 0 Å². The van der Waals surface area contributed by atoms with Gasteiger partial charge in [0.15, 0.2) is 6.10 Å². The number of alkyl carbamates (subject to hydrolysis) is 4. The fraction of sp³-hybridized carbons (Fsp3) is 0.500. The topological polar surface area (TPSA) is 386 Å². The number of anilines is 1. The number of carbonyl (C=O) groups is 8. The molecular weight excluding hydrogens is 1200 g/mol. The van der Waals surface area contributed by atoms with E-state index in [0.29, 0.717) is 27.7 Å². The van der Waals surface area contributed by atoms with Gasteiger partial charge in [0.25, 0.3) is 0 Å². The average Bonchev–Trinajstić information content (AvgIpc) is 3.97. The van der Waals surface area contributed by atoms with Crippen LogP contribution in [0, 0.1) is 22.7 Å². The van der Waals surface area contributed by atoms with Crippen LogP contribution in [0.25, 0.3) is 22.6 Å². The number of nitrogens with zero attached hydrogens (tertiary/aromatic N) is 4. The van der Waals surface area contributed by atoms with Crippen LogP contribution in [0.2, 0.25) is 5.02 Å². The van der Waals surface area contributed by atoms with Crippen molar-refractivity contribution in [2.45, 2.75) is 173 Å². The normalized spacial score (nSPS) is 13.2. The summed E-state index contributed by atoms with van der Waals surface area (Å²) in [4.78, 5) is 114. The van der Waals surface area contributed by atoms with Gasteiger partial charge in [0.05, 0.1) is 11.3 Å². The van der Waals surface area contributed by atoms with Crippen molar-refractivity contribution in [3.8, 4) is 40.5 Å². The van der Waals surface area contributed by atoms with Gasteiger partial charge in [0, 0.05) is 35.0 Å². The summed E-state index contributed by atoms with van der Waals surface area (Å²) in [6.07, 6.45) is -3.83. The lowest BCUT2D eigenvalue weighted by atomic mass is 9.97. The van der Waals surface area contributed by atoms with Crippen LogP contribution in [0.1, 0.15) is 127 Å². The van der Waals surface area contributed by atoms with Gasteiger partial charge in [-0.05, 0) is 152 Å². The second-order valence-corrected chi connectivity index (χ2v) is 25.3. The number of nitrogens with two attached hydrogens (primary N) is 1. The van der Waals surface area contributed by atoms with E-state index in [1.54, 1.807) is 119 Å². The Labute approximate surface area is 525 Å². The standard InChI is InChI=1S/C60H78ClN11O16S/c1-33(67-47(73)43(70-55(79)87-59(9,10)11)23-25-65-53(77)85-57(3,4)5)51(75)83-31-40(84-52(76)34(2)68-48(74)44(71-56(80)88-60(12,13)14)24-26-66-54(78)86-58(6,7)8)30-81-39-21-17-35(18-22-39)45-41(27-62)46(64)72-50(42(45)28-63)89-32-38-29-82-49(69-38)36-15-19-37(61)20-16-36/h15-22,29,33-34,40,43-44H,23-26,30-32H2,1-14H3,(H2,64,72)(H,65,77)(H,66,78)(H,67,73)(H,68,74)(H,70,79)(H,71,80)/t33-,34-,40-,43-,44-/m0/s1. The van der Waals surface area contributed by atoms with E-state index in [1.807, 2.05) is 6.07 Å². The van der Waals surface area contributed by atoms with Gasteiger partial charge in [0.1, 0.15) is 100 Å². The lowest BCUT2D eigenvalue weighted by Crippen LogP contribution is -2.53. The average molecular weight is 1280 g/mol. The van der Waals surface area contributed by atoms with Gasteiger partial charge < -0.3 is 75.2 Å². The Morgan fingerprint density at radius 3 is 1.55 bits per heavy atom. The monoisotopic (exact) mass is 1280 g/mol. The van der Waals surface area contributed by atoms with Gasteiger partial charge in [-0.15, -0.1) is 0 Å². The fourth-order valence-corrected chi connectivity index (χ4v) is 8.47. The molecule has 89 heavy (non-hydrogen) atoms. The molecule has 0 saturated heterocycles. The van der Waals surface area contributed by atoms with Crippen LogP contribution in [-0.2, 0) is 53.4 Å². The Kier molecular flexibility index (Phi) is 26.3. The summed E-state index contributed by atoms with van der Waals surface area (Å²) in [5.74, 6) is -3.28. The maximum atomic E-state index is 13.9. The number of pyridine rings is 1. The SMILES string of the molecule is C[C@H](NC(=O)[C@H](CCNC(=O)OC(C)(C)C)NC(=O)OC(C)(C)C)C(=O)OC[C@H](COc1ccc(-c2c(C#N)c(N)nc(SCc3coc(-c4ccc(Cl)cc4)n3)c2C#N)cc1)OC(=O)[C@H](C)NC(=O)[C@H](CCNC(=O)OC(C)(C)C)NC(=O)OC(C)(C)C. The van der Waals surface area contributed by atoms with Crippen molar-refractivity contribution in [1.82, 2.24) is 41.9 Å². The third-order valence-corrected chi connectivity index (χ3v) is 12.6. The molecule has 2 aromatic carbocycles. The zero-order chi connectivity index (χ0) is 66.6. The molecule has 0 bridgehead atoms. The van der Waals surface area contributed by atoms with Crippen LogP contribution >= 0.6 is 23.4 Å². The highest BCUT2D eigenvalue weighted by Gasteiger charge is 2.32. The molecule has 0 fully saturated rings. The van der Waals surface area contributed by atoms with Crippen LogP contribution in [0.4, 0.5) is 25.0 Å². The van der Waals surface area contributed by atoms with Crippen LogP contribution in [0.15, 0.2) is 64.2 Å². The number of nitrogen functional groups attached to an aromatic ring is 1. The third-order valence-electron chi connectivity index (χ3n) is 11.3. The molecule has 0 aliphatic carbocycles. The van der Waals surface area contributed by atoms with E-state index < -0.39 is 114 Å². The first-order chi connectivity index (χ1) is 41.4. The smallest absolute Gasteiger partial charge is 0.408 e. The number of nitrogens with one attached hydrogen (secondary N) is 6. The molecule has 0 aliphatic rings. The summed E-state index contributed by atoms with van der Waals surface area (Å²) in [5, 5.41) is 36.4. The molecule has 482 valence electrons. The zero-order valence-corrected chi connectivity index (χ0v) is 53.8. The summed E-state index contributed by atoms with van der Waals surface area (Å²) in [5.41, 5.74) is 4.49. The number of hydrogen-bond acceptors (Lipinski definition) is 22. The maximum absolute atomic E-state index is 13.9. The largest absolute Gasteiger partial charge is 0.490 e. The van der Waals surface area contributed by atoms with Crippen molar-refractivity contribution in [1.29, 1.82) is 10.5 Å². The summed E-state index contributed by atoms with van der Waals surface area (Å²) < 4.78 is 44.2. The Morgan fingerprint density at radius 1 is 0.618 bits per heavy atom. The van der Waals surface area contributed by atoms with E-state index in [4.69, 9.17) is 54.9 Å². The molecule has 0 radical (unpaired) electrons. The molecule has 0 saturated carbocycles. The van der Waals surface area contributed by atoms with E-state index in [9.17, 15) is 48.9 Å². The molecule has 2 aromatic heterocycles. The number of nitriles is 2. The van der Waals surface area contributed by atoms with E-state index in [1.165, 1.54) is 32.2 Å². The number of thioether (sulfide) groups is 1. The molecule has 0 unspecified atom stereocenters.